The number of pyridine rings is 8. The smallest absolute Gasteiger partial charge is 0.187 e. The van der Waals surface area contributed by atoms with E-state index < -0.39 is 0 Å². The van der Waals surface area contributed by atoms with Crippen molar-refractivity contribution in [2.45, 2.75) is 19.3 Å². The molecule has 0 saturated heterocycles. The normalized spacial score (nSPS) is 12.3. The Bertz CT molecular complexity index is 9580. The van der Waals surface area contributed by atoms with E-state index >= 15 is 0 Å². The molecule has 27 aromatic rings. The van der Waals surface area contributed by atoms with Gasteiger partial charge in [0.1, 0.15) is 0 Å². The Hall–Kier alpha value is -18.0. The third kappa shape index (κ3) is 13.0. The van der Waals surface area contributed by atoms with Crippen LogP contribution in [0.15, 0.2) is 431 Å². The molecule has 8 aromatic heterocycles. The molecule has 0 amide bonds. The maximum absolute atomic E-state index is 7.49. The van der Waals surface area contributed by atoms with Crippen molar-refractivity contribution in [1.29, 1.82) is 0 Å². The summed E-state index contributed by atoms with van der Waals surface area (Å²) in [6.07, 6.45) is 9.50. The number of benzene rings is 19. The Morgan fingerprint density at radius 3 is 1.21 bits per heavy atom. The molecule has 0 saturated carbocycles. The molecule has 0 bridgehead atoms. The molecular formula is C126H77N9. The van der Waals surface area contributed by atoms with Gasteiger partial charge >= 0.3 is 0 Å². The fourth-order valence-electron chi connectivity index (χ4n) is 21.4. The van der Waals surface area contributed by atoms with Crippen molar-refractivity contribution in [3.05, 3.63) is 454 Å². The zero-order valence-corrected chi connectivity index (χ0v) is 73.5. The molecule has 135 heavy (non-hydrogen) atoms. The minimum atomic E-state index is -0.170. The van der Waals surface area contributed by atoms with Gasteiger partial charge in [-0.25, -0.2) is 19.8 Å². The zero-order chi connectivity index (χ0) is 89.5. The first-order valence-corrected chi connectivity index (χ1v) is 45.7. The van der Waals surface area contributed by atoms with Crippen LogP contribution in [-0.4, -0.2) is 39.9 Å². The van der Waals surface area contributed by atoms with Crippen molar-refractivity contribution in [2.75, 3.05) is 0 Å². The number of aromatic nitrogens is 8. The summed E-state index contributed by atoms with van der Waals surface area (Å²) in [6.45, 7) is 12.0. The minimum Gasteiger partial charge on any atom is -0.256 e. The lowest BCUT2D eigenvalue weighted by Crippen LogP contribution is -2.14. The average Bonchev–Trinajstić information content (AvgIpc) is 1.68. The number of hydrogen-bond acceptors (Lipinski definition) is 8. The summed E-state index contributed by atoms with van der Waals surface area (Å²) in [5.41, 5.74) is 28.6. The zero-order valence-electron chi connectivity index (χ0n) is 73.5. The van der Waals surface area contributed by atoms with Crippen LogP contribution < -0.4 is 0 Å². The van der Waals surface area contributed by atoms with Gasteiger partial charge in [0.25, 0.3) is 0 Å². The standard InChI is InChI=1S/C42H26N4.C42H27N3.C42H24N2/c1-2-12-39-34(8-1)41-35(19-17-28-18-20-38-33(40(28)41)9-7-23-45-38)42(46-39)29-15-13-27(14-16-29)30-24-31(36-10-3-5-21-43-36)26-32(25-30)37-11-4-6-22-44-37;1-42(2)35-22-27(16-18-31(35)32-19-17-29(43-3)23-36(32)42)25-12-14-26(15-13-25)41-34-20-21-38-40(30-9-5-4-8-28(30)24-44-38)39(34)33-10-6-7-11-37(33)45-41;1-2-9-32-25(6-1)20-23-37-41(32)40-34-10-3-4-11-36(34)44-42(35(40)24-43-37)30-16-12-26(13-17-30)31-21-18-29-15-14-27-7-5-8-28-19-22-33(31)39(29)38(27)28/h1-26H;4-24H,1-2H3;1-24H. The number of para-hydroxylation sites is 3. The highest BCUT2D eigenvalue weighted by atomic mass is 14.7. The molecule has 28 rings (SSSR count). The van der Waals surface area contributed by atoms with Crippen LogP contribution in [0.4, 0.5) is 5.69 Å². The summed E-state index contributed by atoms with van der Waals surface area (Å²) in [5, 5.41) is 28.9. The first kappa shape index (κ1) is 78.1. The molecule has 8 heterocycles. The lowest BCUT2D eigenvalue weighted by Gasteiger charge is -2.22. The van der Waals surface area contributed by atoms with Crippen molar-refractivity contribution in [2.24, 2.45) is 0 Å². The lowest BCUT2D eigenvalue weighted by atomic mass is 9.81. The quantitative estimate of drug-likeness (QED) is 0.109. The van der Waals surface area contributed by atoms with E-state index in [4.69, 9.17) is 31.5 Å². The molecule has 1 aliphatic rings. The Balaban J connectivity index is 0.000000105. The van der Waals surface area contributed by atoms with E-state index in [1.54, 1.807) is 0 Å². The second-order valence-electron chi connectivity index (χ2n) is 35.8. The Morgan fingerprint density at radius 1 is 0.207 bits per heavy atom. The van der Waals surface area contributed by atoms with E-state index in [0.29, 0.717) is 5.69 Å². The third-order valence-electron chi connectivity index (χ3n) is 27.9. The highest BCUT2D eigenvalue weighted by Gasteiger charge is 2.36. The fraction of sp³-hybridized carbons (Fsp3) is 0.0238. The van der Waals surface area contributed by atoms with Gasteiger partial charge in [-0.2, -0.15) is 0 Å². The van der Waals surface area contributed by atoms with Gasteiger partial charge in [0.05, 0.1) is 68.1 Å². The summed E-state index contributed by atoms with van der Waals surface area (Å²) in [4.78, 5) is 43.1. The largest absolute Gasteiger partial charge is 0.256 e. The summed E-state index contributed by atoms with van der Waals surface area (Å²) < 4.78 is 0. The van der Waals surface area contributed by atoms with Gasteiger partial charge in [0.15, 0.2) is 5.69 Å². The van der Waals surface area contributed by atoms with E-state index in [1.807, 2.05) is 79.5 Å². The molecule has 0 atom stereocenters. The van der Waals surface area contributed by atoms with Gasteiger partial charge in [0.2, 0.25) is 0 Å². The Labute approximate surface area is 776 Å². The van der Waals surface area contributed by atoms with Gasteiger partial charge in [-0.1, -0.05) is 317 Å². The van der Waals surface area contributed by atoms with Crippen molar-refractivity contribution in [3.8, 4) is 101 Å². The van der Waals surface area contributed by atoms with Crippen molar-refractivity contribution in [3.63, 3.8) is 0 Å². The SMILES string of the molecule is [C-]#[N+]c1ccc2c(c1)C(C)(C)c1cc(-c3ccc(-c4nc5ccccc5c5c4ccc4ncc6ccccc6c45)cc3)ccc1-2.c1ccc(-c2cc(-c3ccc(-c4nc5ccccc5c5c4ccc4ccc6ncccc6c45)cc3)cc(-c3ccccn3)c2)nc1.c1ccc2c(c1)ccc1ncc3c(-c4ccc(-c5ccc6ccc7cccc8ccc5c6c78)cc4)nc4ccccc4c3c12. The maximum atomic E-state index is 7.49. The first-order chi connectivity index (χ1) is 66.6. The molecule has 0 aliphatic heterocycles. The summed E-state index contributed by atoms with van der Waals surface area (Å²) in [7, 11) is 0. The third-order valence-corrected chi connectivity index (χ3v) is 27.9. The predicted octanol–water partition coefficient (Wildman–Crippen LogP) is 33.1. The predicted molar refractivity (Wildman–Crippen MR) is 563 cm³/mol. The van der Waals surface area contributed by atoms with Crippen LogP contribution in [0, 0.1) is 6.57 Å². The second kappa shape index (κ2) is 31.4. The first-order valence-electron chi connectivity index (χ1n) is 45.7. The van der Waals surface area contributed by atoms with E-state index in [1.165, 1.54) is 131 Å². The topological polar surface area (TPSA) is 107 Å². The van der Waals surface area contributed by atoms with Gasteiger partial charge in [-0.05, 0) is 212 Å². The summed E-state index contributed by atoms with van der Waals surface area (Å²) in [6, 6.07) is 142. The average molecular weight is 1720 g/mol. The Kier molecular flexibility index (Phi) is 18.2. The molecule has 0 radical (unpaired) electrons. The highest BCUT2D eigenvalue weighted by Crippen LogP contribution is 2.52. The van der Waals surface area contributed by atoms with E-state index in [-0.39, 0.29) is 5.41 Å². The molecule has 0 spiro atoms. The molecule has 0 fully saturated rings. The minimum absolute atomic E-state index is 0.170. The van der Waals surface area contributed by atoms with E-state index in [9.17, 15) is 0 Å². The second-order valence-corrected chi connectivity index (χ2v) is 35.8. The molecule has 9 heteroatoms. The van der Waals surface area contributed by atoms with Gasteiger partial charge in [-0.3, -0.25) is 24.9 Å². The van der Waals surface area contributed by atoms with Gasteiger partial charge < -0.3 is 0 Å². The van der Waals surface area contributed by atoms with Crippen molar-refractivity contribution in [1.82, 2.24) is 39.9 Å². The van der Waals surface area contributed by atoms with Crippen LogP contribution in [-0.2, 0) is 5.41 Å². The molecule has 19 aromatic carbocycles. The molecule has 626 valence electrons. The fourth-order valence-corrected chi connectivity index (χ4v) is 21.4. The summed E-state index contributed by atoms with van der Waals surface area (Å²) in [5.74, 6) is 0. The molecule has 0 N–H and O–H groups in total. The number of hydrogen-bond donors (Lipinski definition) is 0. The van der Waals surface area contributed by atoms with Crippen LogP contribution in [0.25, 0.3) is 268 Å². The summed E-state index contributed by atoms with van der Waals surface area (Å²) >= 11 is 0. The number of nitrogens with zero attached hydrogens (tertiary/aromatic N) is 9. The highest BCUT2D eigenvalue weighted by molar-refractivity contribution is 6.32. The van der Waals surface area contributed by atoms with Crippen LogP contribution in [0.5, 0.6) is 0 Å². The molecule has 0 unspecified atom stereocenters. The number of rotatable bonds is 8. The van der Waals surface area contributed by atoms with Crippen molar-refractivity contribution >= 4 is 168 Å². The number of fused-ring (bicyclic) bond motifs is 24. The monoisotopic (exact) mass is 1720 g/mol. The Morgan fingerprint density at radius 2 is 0.600 bits per heavy atom. The molecular weight excluding hydrogens is 1640 g/mol. The van der Waals surface area contributed by atoms with E-state index in [0.717, 1.165) is 144 Å². The van der Waals surface area contributed by atoms with Gasteiger partial charge in [0, 0.05) is 134 Å². The van der Waals surface area contributed by atoms with Crippen LogP contribution in [0.1, 0.15) is 25.0 Å². The van der Waals surface area contributed by atoms with E-state index in [2.05, 4.69) is 385 Å². The van der Waals surface area contributed by atoms with Crippen LogP contribution >= 0.6 is 0 Å². The van der Waals surface area contributed by atoms with Crippen LogP contribution in [0.3, 0.4) is 0 Å². The van der Waals surface area contributed by atoms with Crippen molar-refractivity contribution < 1.29 is 0 Å². The molecule has 1 aliphatic carbocycles. The molecule has 9 nitrogen and oxygen atoms in total. The van der Waals surface area contributed by atoms with Gasteiger partial charge in [-0.15, -0.1) is 0 Å². The van der Waals surface area contributed by atoms with Crippen LogP contribution in [0.2, 0.25) is 0 Å². The lowest BCUT2D eigenvalue weighted by molar-refractivity contribution is 0.661. The maximum Gasteiger partial charge on any atom is 0.187 e.